The molecule has 0 radical (unpaired) electrons. The van der Waals surface area contributed by atoms with Gasteiger partial charge in [0.05, 0.1) is 0 Å². The fraction of sp³-hybridized carbons (Fsp3) is 0.381. The quantitative estimate of drug-likeness (QED) is 0.846. The first kappa shape index (κ1) is 18.9. The van der Waals surface area contributed by atoms with Gasteiger partial charge < -0.3 is 10.6 Å². The van der Waals surface area contributed by atoms with Gasteiger partial charge in [0, 0.05) is 44.2 Å². The largest absolute Gasteiger partial charge is 0.340 e. The van der Waals surface area contributed by atoms with Crippen LogP contribution in [0.25, 0.3) is 11.1 Å². The van der Waals surface area contributed by atoms with Crippen LogP contribution in [0.4, 0.5) is 0 Å². The molecule has 0 spiro atoms. The Hall–Kier alpha value is -1.88. The van der Waals surface area contributed by atoms with Crippen LogP contribution < -0.4 is 5.73 Å². The van der Waals surface area contributed by atoms with E-state index in [9.17, 15) is 4.79 Å². The number of piperazine rings is 1. The minimum atomic E-state index is 0.233. The molecule has 0 atom stereocenters. The first-order valence-electron chi connectivity index (χ1n) is 9.21. The van der Waals surface area contributed by atoms with E-state index in [4.69, 9.17) is 17.3 Å². The smallest absolute Gasteiger partial charge is 0.222 e. The molecule has 1 saturated heterocycles. The molecule has 1 aliphatic rings. The van der Waals surface area contributed by atoms with Crippen molar-refractivity contribution in [2.75, 3.05) is 32.7 Å². The third-order valence-corrected chi connectivity index (χ3v) is 5.14. The zero-order chi connectivity index (χ0) is 18.4. The van der Waals surface area contributed by atoms with Crippen molar-refractivity contribution in [2.24, 2.45) is 5.73 Å². The zero-order valence-electron chi connectivity index (χ0n) is 15.0. The summed E-state index contributed by atoms with van der Waals surface area (Å²) in [6, 6.07) is 16.5. The molecule has 2 aromatic carbocycles. The topological polar surface area (TPSA) is 49.6 Å². The Morgan fingerprint density at radius 3 is 2.38 bits per heavy atom. The van der Waals surface area contributed by atoms with Crippen LogP contribution in [0, 0.1) is 0 Å². The fourth-order valence-corrected chi connectivity index (χ4v) is 3.50. The Bertz CT molecular complexity index is 724. The molecular formula is C21H26ClN3O. The summed E-state index contributed by atoms with van der Waals surface area (Å²) in [4.78, 5) is 16.5. The van der Waals surface area contributed by atoms with E-state index >= 15 is 0 Å². The first-order chi connectivity index (χ1) is 12.7. The number of hydrogen-bond donors (Lipinski definition) is 1. The summed E-state index contributed by atoms with van der Waals surface area (Å²) in [5.74, 6) is 0.233. The Morgan fingerprint density at radius 2 is 1.69 bits per heavy atom. The van der Waals surface area contributed by atoms with Crippen LogP contribution in [-0.4, -0.2) is 48.4 Å². The normalized spacial score (nSPS) is 15.2. The fourth-order valence-electron chi connectivity index (χ4n) is 3.38. The number of carbonyl (C=O) groups is 1. The maximum atomic E-state index is 12.1. The lowest BCUT2D eigenvalue weighted by molar-refractivity contribution is -0.133. The van der Waals surface area contributed by atoms with Gasteiger partial charge >= 0.3 is 0 Å². The number of halogens is 1. The van der Waals surface area contributed by atoms with Gasteiger partial charge in [0.1, 0.15) is 0 Å². The SMILES string of the molecule is NCCCC(=O)N1CCN(Cc2ccccc2-c2ccc(Cl)cc2)CC1. The minimum Gasteiger partial charge on any atom is -0.340 e. The van der Waals surface area contributed by atoms with Crippen LogP contribution in [0.2, 0.25) is 5.02 Å². The highest BCUT2D eigenvalue weighted by Crippen LogP contribution is 2.26. The van der Waals surface area contributed by atoms with Gasteiger partial charge in [-0.1, -0.05) is 48.0 Å². The molecule has 5 heteroatoms. The van der Waals surface area contributed by atoms with Crippen molar-refractivity contribution < 1.29 is 4.79 Å². The molecule has 0 unspecified atom stereocenters. The average molecular weight is 372 g/mol. The highest BCUT2D eigenvalue weighted by atomic mass is 35.5. The second kappa shape index (κ2) is 9.17. The summed E-state index contributed by atoms with van der Waals surface area (Å²) < 4.78 is 0. The van der Waals surface area contributed by atoms with E-state index < -0.39 is 0 Å². The van der Waals surface area contributed by atoms with Gasteiger partial charge in [-0.05, 0) is 41.8 Å². The molecule has 1 amide bonds. The molecular weight excluding hydrogens is 346 g/mol. The van der Waals surface area contributed by atoms with Gasteiger partial charge in [-0.2, -0.15) is 0 Å². The zero-order valence-corrected chi connectivity index (χ0v) is 15.8. The third kappa shape index (κ3) is 4.85. The van der Waals surface area contributed by atoms with Gasteiger partial charge in [-0.3, -0.25) is 9.69 Å². The summed E-state index contributed by atoms with van der Waals surface area (Å²) in [7, 11) is 0. The van der Waals surface area contributed by atoms with Crippen LogP contribution in [0.1, 0.15) is 18.4 Å². The Kier molecular flexibility index (Phi) is 6.67. The number of nitrogens with zero attached hydrogens (tertiary/aromatic N) is 2. The van der Waals surface area contributed by atoms with Gasteiger partial charge in [-0.15, -0.1) is 0 Å². The van der Waals surface area contributed by atoms with Crippen molar-refractivity contribution in [3.63, 3.8) is 0 Å². The van der Waals surface area contributed by atoms with Gasteiger partial charge in [0.15, 0.2) is 0 Å². The molecule has 3 rings (SSSR count). The Labute approximate surface area is 160 Å². The van der Waals surface area contributed by atoms with Crippen LogP contribution >= 0.6 is 11.6 Å². The van der Waals surface area contributed by atoms with Crippen molar-refractivity contribution in [2.45, 2.75) is 19.4 Å². The maximum absolute atomic E-state index is 12.1. The van der Waals surface area contributed by atoms with Gasteiger partial charge in [0.2, 0.25) is 5.91 Å². The summed E-state index contributed by atoms with van der Waals surface area (Å²) in [6.07, 6.45) is 1.34. The van der Waals surface area contributed by atoms with Crippen LogP contribution in [0.15, 0.2) is 48.5 Å². The maximum Gasteiger partial charge on any atom is 0.222 e. The highest BCUT2D eigenvalue weighted by molar-refractivity contribution is 6.30. The first-order valence-corrected chi connectivity index (χ1v) is 9.59. The van der Waals surface area contributed by atoms with Crippen LogP contribution in [0.3, 0.4) is 0 Å². The number of amides is 1. The number of hydrogen-bond acceptors (Lipinski definition) is 3. The number of carbonyl (C=O) groups excluding carboxylic acids is 1. The van der Waals surface area contributed by atoms with Crippen molar-refractivity contribution in [3.05, 3.63) is 59.1 Å². The van der Waals surface area contributed by atoms with Crippen molar-refractivity contribution in [1.82, 2.24) is 9.80 Å². The number of nitrogens with two attached hydrogens (primary N) is 1. The molecule has 0 saturated carbocycles. The highest BCUT2D eigenvalue weighted by Gasteiger charge is 2.21. The van der Waals surface area contributed by atoms with E-state index in [1.165, 1.54) is 16.7 Å². The molecule has 2 N–H and O–H groups in total. The van der Waals surface area contributed by atoms with E-state index in [0.29, 0.717) is 13.0 Å². The molecule has 0 aromatic heterocycles. The Balaban J connectivity index is 1.62. The van der Waals surface area contributed by atoms with E-state index in [1.54, 1.807) is 0 Å². The molecule has 0 aliphatic carbocycles. The second-order valence-electron chi connectivity index (χ2n) is 6.71. The lowest BCUT2D eigenvalue weighted by Crippen LogP contribution is -2.48. The molecule has 26 heavy (non-hydrogen) atoms. The van der Waals surface area contributed by atoms with Gasteiger partial charge in [0.25, 0.3) is 0 Å². The molecule has 1 fully saturated rings. The van der Waals surface area contributed by atoms with Crippen LogP contribution in [-0.2, 0) is 11.3 Å². The molecule has 138 valence electrons. The van der Waals surface area contributed by atoms with Crippen LogP contribution in [0.5, 0.6) is 0 Å². The van der Waals surface area contributed by atoms with E-state index in [2.05, 4.69) is 41.3 Å². The van der Waals surface area contributed by atoms with Crippen molar-refractivity contribution in [3.8, 4) is 11.1 Å². The lowest BCUT2D eigenvalue weighted by Gasteiger charge is -2.35. The van der Waals surface area contributed by atoms with E-state index in [1.807, 2.05) is 17.0 Å². The third-order valence-electron chi connectivity index (χ3n) is 4.89. The molecule has 1 aliphatic heterocycles. The second-order valence-corrected chi connectivity index (χ2v) is 7.15. The lowest BCUT2D eigenvalue weighted by atomic mass is 9.99. The predicted molar refractivity (Wildman–Crippen MR) is 107 cm³/mol. The standard InChI is InChI=1S/C21H26ClN3O/c22-19-9-7-17(8-10-19)20-5-2-1-4-18(20)16-24-12-14-25(15-13-24)21(26)6-3-11-23/h1-2,4-5,7-10H,3,6,11-16,23H2. The summed E-state index contributed by atoms with van der Waals surface area (Å²) in [5.41, 5.74) is 9.22. The summed E-state index contributed by atoms with van der Waals surface area (Å²) in [5, 5.41) is 0.752. The van der Waals surface area contributed by atoms with Crippen molar-refractivity contribution >= 4 is 17.5 Å². The monoisotopic (exact) mass is 371 g/mol. The molecule has 4 nitrogen and oxygen atoms in total. The van der Waals surface area contributed by atoms with Gasteiger partial charge in [-0.25, -0.2) is 0 Å². The minimum absolute atomic E-state index is 0.233. The predicted octanol–water partition coefficient (Wildman–Crippen LogP) is 3.39. The Morgan fingerprint density at radius 1 is 1.00 bits per heavy atom. The molecule has 0 bridgehead atoms. The average Bonchev–Trinajstić information content (AvgIpc) is 2.68. The van der Waals surface area contributed by atoms with E-state index in [0.717, 1.165) is 44.2 Å². The molecule has 1 heterocycles. The summed E-state index contributed by atoms with van der Waals surface area (Å²) in [6.45, 7) is 4.88. The number of rotatable bonds is 6. The molecule has 2 aromatic rings. The van der Waals surface area contributed by atoms with Crippen molar-refractivity contribution in [1.29, 1.82) is 0 Å². The number of benzene rings is 2. The summed E-state index contributed by atoms with van der Waals surface area (Å²) >= 11 is 6.02. The van der Waals surface area contributed by atoms with E-state index in [-0.39, 0.29) is 5.91 Å².